The van der Waals surface area contributed by atoms with Crippen molar-refractivity contribution >= 4 is 23.4 Å². The van der Waals surface area contributed by atoms with Gasteiger partial charge in [-0.1, -0.05) is 41.6 Å². The third-order valence-electron chi connectivity index (χ3n) is 3.83. The maximum absolute atomic E-state index is 9.05. The molecule has 1 atom stereocenters. The van der Waals surface area contributed by atoms with Gasteiger partial charge in [0.1, 0.15) is 12.1 Å². The van der Waals surface area contributed by atoms with E-state index in [4.69, 9.17) is 26.2 Å². The number of aryl methyl sites for hydroxylation is 1. The summed E-state index contributed by atoms with van der Waals surface area (Å²) in [5, 5.41) is 18.9. The van der Waals surface area contributed by atoms with Gasteiger partial charge >= 0.3 is 0 Å². The third-order valence-corrected chi connectivity index (χ3v) is 5.41. The minimum absolute atomic E-state index is 0.138. The monoisotopic (exact) mass is 381 g/mol. The Morgan fingerprint density at radius 2 is 2.20 bits per heavy atom. The molecule has 2 heterocycles. The Morgan fingerprint density at radius 3 is 2.88 bits per heavy atom. The van der Waals surface area contributed by atoms with Gasteiger partial charge in [0.05, 0.1) is 5.25 Å². The molecule has 1 unspecified atom stereocenters. The van der Waals surface area contributed by atoms with E-state index in [2.05, 4.69) is 21.7 Å². The molecule has 0 spiro atoms. The van der Waals surface area contributed by atoms with Crippen molar-refractivity contribution in [1.82, 2.24) is 14.8 Å². The van der Waals surface area contributed by atoms with Crippen LogP contribution in [0.3, 0.4) is 0 Å². The van der Waals surface area contributed by atoms with E-state index in [0.29, 0.717) is 23.6 Å². The molecule has 25 heavy (non-hydrogen) atoms. The van der Waals surface area contributed by atoms with Crippen molar-refractivity contribution in [2.45, 2.75) is 36.7 Å². The zero-order valence-electron chi connectivity index (χ0n) is 13.9. The van der Waals surface area contributed by atoms with Crippen molar-refractivity contribution < 1.29 is 14.6 Å². The summed E-state index contributed by atoms with van der Waals surface area (Å²) >= 11 is 7.93. The lowest BCUT2D eigenvalue weighted by molar-refractivity contribution is 0.0787. The molecule has 3 rings (SSSR count). The molecule has 1 aliphatic heterocycles. The maximum atomic E-state index is 9.05. The van der Waals surface area contributed by atoms with Gasteiger partial charge in [-0.3, -0.25) is 0 Å². The second-order valence-corrected chi connectivity index (χ2v) is 6.92. The quantitative estimate of drug-likeness (QED) is 0.705. The van der Waals surface area contributed by atoms with Gasteiger partial charge in [0, 0.05) is 24.6 Å². The van der Waals surface area contributed by atoms with Gasteiger partial charge in [-0.15, -0.1) is 10.2 Å². The molecule has 0 aliphatic carbocycles. The Kier molecular flexibility index (Phi) is 6.23. The van der Waals surface area contributed by atoms with Gasteiger partial charge in [0.2, 0.25) is 6.79 Å². The highest BCUT2D eigenvalue weighted by atomic mass is 35.5. The molecule has 0 amide bonds. The molecule has 0 bridgehead atoms. The number of hydrogen-bond acceptors (Lipinski definition) is 6. The number of aliphatic hydroxyl groups is 1. The Bertz CT molecular complexity index is 750. The van der Waals surface area contributed by atoms with E-state index in [9.17, 15) is 0 Å². The highest BCUT2D eigenvalue weighted by Gasteiger charge is 2.27. The van der Waals surface area contributed by atoms with Crippen molar-refractivity contribution in [2.75, 3.05) is 13.4 Å². The molecule has 1 N–H and O–H groups in total. The van der Waals surface area contributed by atoms with Gasteiger partial charge in [0.25, 0.3) is 0 Å². The van der Waals surface area contributed by atoms with Crippen LogP contribution in [0.5, 0.6) is 0 Å². The molecule has 1 aromatic carbocycles. The first-order valence-electron chi connectivity index (χ1n) is 8.13. The number of thioether (sulfide) groups is 1. The molecular weight excluding hydrogens is 362 g/mol. The fourth-order valence-electron chi connectivity index (χ4n) is 2.60. The van der Waals surface area contributed by atoms with Crippen molar-refractivity contribution in [3.8, 4) is 0 Å². The predicted octanol–water partition coefficient (Wildman–Crippen LogP) is 3.56. The number of aliphatic hydroxyl groups excluding tert-OH is 1. The van der Waals surface area contributed by atoms with Gasteiger partial charge in [-0.25, -0.2) is 0 Å². The molecule has 2 aromatic rings. The van der Waals surface area contributed by atoms with Gasteiger partial charge in [-0.2, -0.15) is 0 Å². The minimum atomic E-state index is -0.170. The molecule has 0 fully saturated rings. The number of ether oxygens (including phenoxy) is 2. The van der Waals surface area contributed by atoms with E-state index in [1.807, 2.05) is 24.3 Å². The van der Waals surface area contributed by atoms with Crippen LogP contribution in [0.4, 0.5) is 0 Å². The molecule has 0 radical (unpaired) electrons. The van der Waals surface area contributed by atoms with Gasteiger partial charge in [-0.05, 0) is 25.0 Å². The van der Waals surface area contributed by atoms with E-state index >= 15 is 0 Å². The molecule has 0 saturated heterocycles. The van der Waals surface area contributed by atoms with Crippen molar-refractivity contribution in [1.29, 1.82) is 0 Å². The molecule has 134 valence electrons. The zero-order chi connectivity index (χ0) is 17.6. The van der Waals surface area contributed by atoms with Crippen LogP contribution in [0.15, 0.2) is 41.4 Å². The molecule has 0 saturated carbocycles. The molecule has 1 aromatic heterocycles. The summed E-state index contributed by atoms with van der Waals surface area (Å²) in [4.78, 5) is 0. The van der Waals surface area contributed by atoms with E-state index in [1.165, 1.54) is 11.8 Å². The number of halogens is 1. The van der Waals surface area contributed by atoms with E-state index in [-0.39, 0.29) is 18.6 Å². The summed E-state index contributed by atoms with van der Waals surface area (Å²) in [5.74, 6) is 1.58. The van der Waals surface area contributed by atoms with Crippen molar-refractivity contribution in [3.05, 3.63) is 52.7 Å². The lowest BCUT2D eigenvalue weighted by atomic mass is 10.1. The number of aromatic nitrogens is 3. The van der Waals surface area contributed by atoms with Crippen LogP contribution in [-0.4, -0.2) is 33.3 Å². The average molecular weight is 382 g/mol. The van der Waals surface area contributed by atoms with Crippen LogP contribution in [0.25, 0.3) is 0 Å². The highest BCUT2D eigenvalue weighted by molar-refractivity contribution is 7.99. The second kappa shape index (κ2) is 8.60. The second-order valence-electron chi connectivity index (χ2n) is 5.44. The van der Waals surface area contributed by atoms with Gasteiger partial charge < -0.3 is 19.1 Å². The standard InChI is InChI=1S/C17H20ClN3O3S/c1-2-21-15(8-5-9-22)19-20-17(21)25-16(14-10-23-11-24-14)12-6-3-4-7-13(12)18/h3-4,6-7,10,16,22H,2,5,8-9,11H2,1H3. The van der Waals surface area contributed by atoms with Gasteiger partial charge in [0.15, 0.2) is 10.9 Å². The van der Waals surface area contributed by atoms with E-state index in [1.54, 1.807) is 6.26 Å². The minimum Gasteiger partial charge on any atom is -0.462 e. The maximum Gasteiger partial charge on any atom is 0.229 e. The smallest absolute Gasteiger partial charge is 0.229 e. The summed E-state index contributed by atoms with van der Waals surface area (Å²) in [6.45, 7) is 3.15. The summed E-state index contributed by atoms with van der Waals surface area (Å²) in [7, 11) is 0. The molecule has 1 aliphatic rings. The number of nitrogens with zero attached hydrogens (tertiary/aromatic N) is 3. The van der Waals surface area contributed by atoms with Crippen LogP contribution < -0.4 is 0 Å². The topological polar surface area (TPSA) is 69.4 Å². The fraction of sp³-hybridized carbons (Fsp3) is 0.412. The summed E-state index contributed by atoms with van der Waals surface area (Å²) in [5.41, 5.74) is 0.938. The number of benzene rings is 1. The van der Waals surface area contributed by atoms with Crippen LogP contribution in [0.2, 0.25) is 5.02 Å². The Morgan fingerprint density at radius 1 is 1.36 bits per heavy atom. The molecular formula is C17H20ClN3O3S. The van der Waals surface area contributed by atoms with Crippen molar-refractivity contribution in [3.63, 3.8) is 0 Å². The summed E-state index contributed by atoms with van der Waals surface area (Å²) in [6, 6.07) is 7.68. The third kappa shape index (κ3) is 4.11. The Labute approximate surface area is 155 Å². The largest absolute Gasteiger partial charge is 0.462 e. The fourth-order valence-corrected chi connectivity index (χ4v) is 4.15. The van der Waals surface area contributed by atoms with E-state index < -0.39 is 0 Å². The van der Waals surface area contributed by atoms with Crippen LogP contribution in [-0.2, 0) is 22.4 Å². The Balaban J connectivity index is 1.91. The lowest BCUT2D eigenvalue weighted by Gasteiger charge is -2.18. The lowest BCUT2D eigenvalue weighted by Crippen LogP contribution is -2.07. The highest BCUT2D eigenvalue weighted by Crippen LogP contribution is 2.44. The normalized spacial score (nSPS) is 14.8. The van der Waals surface area contributed by atoms with Crippen LogP contribution in [0, 0.1) is 0 Å². The number of rotatable bonds is 8. The molecule has 8 heteroatoms. The summed E-state index contributed by atoms with van der Waals surface area (Å²) in [6.07, 6.45) is 2.98. The SMILES string of the molecule is CCn1c(CCCO)nnc1SC(C1=COCO1)c1ccccc1Cl. The first kappa shape index (κ1) is 18.1. The average Bonchev–Trinajstić information content (AvgIpc) is 3.28. The zero-order valence-corrected chi connectivity index (χ0v) is 15.5. The first-order valence-corrected chi connectivity index (χ1v) is 9.38. The van der Waals surface area contributed by atoms with Crippen molar-refractivity contribution in [2.24, 2.45) is 0 Å². The molecule has 6 nitrogen and oxygen atoms in total. The summed E-state index contributed by atoms with van der Waals surface area (Å²) < 4.78 is 12.9. The van der Waals surface area contributed by atoms with Crippen LogP contribution >= 0.6 is 23.4 Å². The first-order chi connectivity index (χ1) is 12.2. The Hall–Kier alpha value is -1.70. The number of hydrogen-bond donors (Lipinski definition) is 1. The van der Waals surface area contributed by atoms with Crippen LogP contribution in [0.1, 0.15) is 30.0 Å². The van der Waals surface area contributed by atoms with E-state index in [0.717, 1.165) is 23.1 Å². The predicted molar refractivity (Wildman–Crippen MR) is 96.3 cm³/mol.